The molecule has 2 aromatic rings. The lowest BCUT2D eigenvalue weighted by Gasteiger charge is -2.05. The van der Waals surface area contributed by atoms with E-state index in [-0.39, 0.29) is 11.6 Å². The minimum Gasteiger partial charge on any atom is -0.293 e. The Morgan fingerprint density at radius 1 is 1.31 bits per heavy atom. The highest BCUT2D eigenvalue weighted by Gasteiger charge is 2.07. The molecule has 0 atom stereocenters. The first kappa shape index (κ1) is 10.5. The van der Waals surface area contributed by atoms with E-state index < -0.39 is 0 Å². The van der Waals surface area contributed by atoms with Gasteiger partial charge in [0.2, 0.25) is 0 Å². The van der Waals surface area contributed by atoms with E-state index in [2.05, 4.69) is 5.10 Å². The summed E-state index contributed by atoms with van der Waals surface area (Å²) < 4.78 is 14.3. The van der Waals surface area contributed by atoms with E-state index in [9.17, 15) is 9.18 Å². The topological polar surface area (TPSA) is 34.9 Å². The van der Waals surface area contributed by atoms with E-state index >= 15 is 0 Å². The van der Waals surface area contributed by atoms with Crippen LogP contribution in [0.15, 0.2) is 36.5 Å². The van der Waals surface area contributed by atoms with Crippen molar-refractivity contribution in [1.82, 2.24) is 9.78 Å². The van der Waals surface area contributed by atoms with Gasteiger partial charge in [0, 0.05) is 13.1 Å². The number of rotatable bonds is 3. The van der Waals surface area contributed by atoms with Crippen molar-refractivity contribution in [3.05, 3.63) is 53.6 Å². The van der Waals surface area contributed by atoms with Crippen LogP contribution in [0.4, 0.5) is 4.39 Å². The maximum atomic E-state index is 12.7. The normalized spacial score (nSPS) is 10.4. The van der Waals surface area contributed by atoms with Crippen LogP contribution in [-0.2, 0) is 6.54 Å². The number of ketones is 1. The summed E-state index contributed by atoms with van der Waals surface area (Å²) in [6, 6.07) is 7.83. The van der Waals surface area contributed by atoms with Crippen molar-refractivity contribution in [2.45, 2.75) is 13.5 Å². The van der Waals surface area contributed by atoms with Gasteiger partial charge < -0.3 is 0 Å². The van der Waals surface area contributed by atoms with Crippen LogP contribution in [0.5, 0.6) is 0 Å². The van der Waals surface area contributed by atoms with Gasteiger partial charge in [-0.15, -0.1) is 0 Å². The van der Waals surface area contributed by atoms with Crippen molar-refractivity contribution < 1.29 is 9.18 Å². The fourth-order valence-electron chi connectivity index (χ4n) is 1.52. The highest BCUT2D eigenvalue weighted by Crippen LogP contribution is 2.07. The van der Waals surface area contributed by atoms with Gasteiger partial charge in [-0.2, -0.15) is 5.10 Å². The Kier molecular flexibility index (Phi) is 2.81. The molecule has 1 heterocycles. The zero-order valence-corrected chi connectivity index (χ0v) is 8.85. The highest BCUT2D eigenvalue weighted by atomic mass is 19.1. The van der Waals surface area contributed by atoms with E-state index in [4.69, 9.17) is 0 Å². The monoisotopic (exact) mass is 218 g/mol. The number of hydrogen-bond acceptors (Lipinski definition) is 2. The number of hydrogen-bond donors (Lipinski definition) is 0. The number of aromatic nitrogens is 2. The van der Waals surface area contributed by atoms with E-state index in [1.54, 1.807) is 29.1 Å². The third-order valence-electron chi connectivity index (χ3n) is 2.32. The quantitative estimate of drug-likeness (QED) is 0.741. The summed E-state index contributed by atoms with van der Waals surface area (Å²) in [4.78, 5) is 11.3. The summed E-state index contributed by atoms with van der Waals surface area (Å²) in [7, 11) is 0. The maximum Gasteiger partial charge on any atom is 0.177 e. The zero-order valence-electron chi connectivity index (χ0n) is 8.85. The summed E-state index contributed by atoms with van der Waals surface area (Å²) in [5.74, 6) is -0.296. The Balaban J connectivity index is 2.23. The number of carbonyl (C=O) groups is 1. The zero-order chi connectivity index (χ0) is 11.5. The van der Waals surface area contributed by atoms with Crippen LogP contribution < -0.4 is 0 Å². The van der Waals surface area contributed by atoms with Crippen LogP contribution in [0.3, 0.4) is 0 Å². The van der Waals surface area contributed by atoms with E-state index in [0.29, 0.717) is 12.2 Å². The minimum absolute atomic E-state index is 0.0281. The summed E-state index contributed by atoms with van der Waals surface area (Å²) in [6.07, 6.45) is 1.58. The molecule has 0 saturated carbocycles. The molecule has 0 saturated heterocycles. The molecule has 1 aromatic carbocycles. The molecule has 3 nitrogen and oxygen atoms in total. The van der Waals surface area contributed by atoms with E-state index in [1.807, 2.05) is 0 Å². The molecule has 0 aliphatic carbocycles. The smallest absolute Gasteiger partial charge is 0.177 e. The molecule has 0 aliphatic rings. The lowest BCUT2D eigenvalue weighted by molar-refractivity contribution is 0.100. The second kappa shape index (κ2) is 4.26. The van der Waals surface area contributed by atoms with Crippen molar-refractivity contribution in [1.29, 1.82) is 0 Å². The first-order chi connectivity index (χ1) is 7.66. The molecule has 2 rings (SSSR count). The van der Waals surface area contributed by atoms with Crippen LogP contribution in [0.2, 0.25) is 0 Å². The fraction of sp³-hybridized carbons (Fsp3) is 0.167. The van der Waals surface area contributed by atoms with E-state index in [0.717, 1.165) is 5.56 Å². The number of Topliss-reactive ketones (excluding diaryl/α,β-unsaturated/α-hetero) is 1. The minimum atomic E-state index is -0.268. The third-order valence-corrected chi connectivity index (χ3v) is 2.32. The summed E-state index contributed by atoms with van der Waals surface area (Å²) in [5.41, 5.74) is 1.47. The van der Waals surface area contributed by atoms with Crippen LogP contribution in [0.25, 0.3) is 0 Å². The molecule has 0 N–H and O–H groups in total. The molecule has 82 valence electrons. The van der Waals surface area contributed by atoms with Gasteiger partial charge in [-0.1, -0.05) is 12.1 Å². The highest BCUT2D eigenvalue weighted by molar-refractivity contribution is 5.92. The van der Waals surface area contributed by atoms with Gasteiger partial charge >= 0.3 is 0 Å². The van der Waals surface area contributed by atoms with Gasteiger partial charge in [0.1, 0.15) is 11.5 Å². The van der Waals surface area contributed by atoms with Crippen molar-refractivity contribution in [2.24, 2.45) is 0 Å². The lowest BCUT2D eigenvalue weighted by Crippen LogP contribution is -2.09. The molecule has 16 heavy (non-hydrogen) atoms. The largest absolute Gasteiger partial charge is 0.293 e. The fourth-order valence-corrected chi connectivity index (χ4v) is 1.52. The third kappa shape index (κ3) is 2.16. The number of nitrogens with zero attached hydrogens (tertiary/aromatic N) is 2. The first-order valence-electron chi connectivity index (χ1n) is 4.94. The van der Waals surface area contributed by atoms with Crippen LogP contribution in [-0.4, -0.2) is 15.6 Å². The van der Waals surface area contributed by atoms with Gasteiger partial charge in [-0.25, -0.2) is 4.39 Å². The Morgan fingerprint density at radius 3 is 2.62 bits per heavy atom. The predicted octanol–water partition coefficient (Wildman–Crippen LogP) is 2.27. The average Bonchev–Trinajstić information content (AvgIpc) is 2.69. The average molecular weight is 218 g/mol. The lowest BCUT2D eigenvalue weighted by atomic mass is 10.2. The molecule has 0 radical (unpaired) electrons. The maximum absolute atomic E-state index is 12.7. The molecule has 0 aliphatic heterocycles. The van der Waals surface area contributed by atoms with Crippen LogP contribution in [0, 0.1) is 5.82 Å². The Labute approximate surface area is 92.5 Å². The van der Waals surface area contributed by atoms with Gasteiger partial charge in [-0.3, -0.25) is 9.48 Å². The van der Waals surface area contributed by atoms with Crippen molar-refractivity contribution >= 4 is 5.78 Å². The van der Waals surface area contributed by atoms with Crippen LogP contribution in [0.1, 0.15) is 23.0 Å². The molecule has 0 spiro atoms. The van der Waals surface area contributed by atoms with Crippen molar-refractivity contribution in [3.8, 4) is 0 Å². The molecule has 0 amide bonds. The Bertz CT molecular complexity index is 502. The second-order valence-corrected chi connectivity index (χ2v) is 3.56. The van der Waals surface area contributed by atoms with Crippen molar-refractivity contribution in [3.63, 3.8) is 0 Å². The summed E-state index contributed by atoms with van der Waals surface area (Å²) in [5, 5.41) is 4.06. The van der Waals surface area contributed by atoms with Crippen molar-refractivity contribution in [2.75, 3.05) is 0 Å². The SMILES string of the molecule is CC(=O)c1ccnn1Cc1ccc(F)cc1. The molecule has 1 aromatic heterocycles. The molecular weight excluding hydrogens is 207 g/mol. The standard InChI is InChI=1S/C12H11FN2O/c1-9(16)12-6-7-14-15(12)8-10-2-4-11(13)5-3-10/h2-7H,8H2,1H3. The number of carbonyl (C=O) groups excluding carboxylic acids is 1. The molecule has 0 fully saturated rings. The van der Waals surface area contributed by atoms with Gasteiger partial charge in [0.15, 0.2) is 5.78 Å². The van der Waals surface area contributed by atoms with Crippen LogP contribution >= 0.6 is 0 Å². The van der Waals surface area contributed by atoms with Gasteiger partial charge in [0.25, 0.3) is 0 Å². The van der Waals surface area contributed by atoms with E-state index in [1.165, 1.54) is 19.1 Å². The first-order valence-corrected chi connectivity index (χ1v) is 4.94. The predicted molar refractivity (Wildman–Crippen MR) is 57.7 cm³/mol. The summed E-state index contributed by atoms with van der Waals surface area (Å²) in [6.45, 7) is 1.97. The Morgan fingerprint density at radius 2 is 2.00 bits per heavy atom. The van der Waals surface area contributed by atoms with Gasteiger partial charge in [-0.05, 0) is 23.8 Å². The molecule has 0 bridgehead atoms. The number of benzene rings is 1. The number of halogens is 1. The molecule has 0 unspecified atom stereocenters. The van der Waals surface area contributed by atoms with Gasteiger partial charge in [0.05, 0.1) is 6.54 Å². The summed E-state index contributed by atoms with van der Waals surface area (Å²) >= 11 is 0. The molecular formula is C12H11FN2O. The Hall–Kier alpha value is -1.97. The molecule has 4 heteroatoms. The second-order valence-electron chi connectivity index (χ2n) is 3.56.